The lowest BCUT2D eigenvalue weighted by Crippen LogP contribution is -2.06. The number of hydrogen-bond acceptors (Lipinski definition) is 3. The van der Waals surface area contributed by atoms with Crippen LogP contribution in [0.15, 0.2) is 11.3 Å². The van der Waals surface area contributed by atoms with Crippen molar-refractivity contribution in [2.45, 2.75) is 83.5 Å². The van der Waals surface area contributed by atoms with Crippen LogP contribution in [0.1, 0.15) is 83.5 Å². The Bertz CT molecular complexity index is 430. The maximum absolute atomic E-state index is 11.7. The number of hydrogen-bond donors (Lipinski definition) is 1. The molecular formula is C19H32O3S. The number of carbonyl (C=O) groups is 1. The largest absolute Gasteiger partial charge is 0.512 e. The SMILES string of the molecule is O=C1CS(=O)C/C1=C(\O)CCC1CCCCCCCCCCC1. The predicted molar refractivity (Wildman–Crippen MR) is 96.0 cm³/mol. The molecule has 1 saturated heterocycles. The van der Waals surface area contributed by atoms with Crippen molar-refractivity contribution in [1.29, 1.82) is 0 Å². The fourth-order valence-electron chi connectivity index (χ4n) is 3.80. The van der Waals surface area contributed by atoms with E-state index in [1.54, 1.807) is 0 Å². The van der Waals surface area contributed by atoms with Crippen molar-refractivity contribution in [2.24, 2.45) is 5.92 Å². The van der Waals surface area contributed by atoms with Crippen LogP contribution in [-0.2, 0) is 15.6 Å². The van der Waals surface area contributed by atoms with Gasteiger partial charge in [0.15, 0.2) is 5.78 Å². The number of carbonyl (C=O) groups excluding carboxylic acids is 1. The van der Waals surface area contributed by atoms with Crippen molar-refractivity contribution < 1.29 is 14.1 Å². The molecule has 2 rings (SSSR count). The van der Waals surface area contributed by atoms with E-state index in [9.17, 15) is 14.1 Å². The zero-order valence-electron chi connectivity index (χ0n) is 14.4. The highest BCUT2D eigenvalue weighted by Crippen LogP contribution is 2.27. The van der Waals surface area contributed by atoms with E-state index in [0.29, 0.717) is 17.9 Å². The van der Waals surface area contributed by atoms with Gasteiger partial charge in [-0.05, 0) is 12.3 Å². The van der Waals surface area contributed by atoms with Crippen molar-refractivity contribution in [1.82, 2.24) is 0 Å². The highest BCUT2D eigenvalue weighted by Gasteiger charge is 2.27. The van der Waals surface area contributed by atoms with E-state index in [2.05, 4.69) is 0 Å². The summed E-state index contributed by atoms with van der Waals surface area (Å²) in [6.45, 7) is 0. The fraction of sp³-hybridized carbons (Fsp3) is 0.842. The topological polar surface area (TPSA) is 54.4 Å². The lowest BCUT2D eigenvalue weighted by Gasteiger charge is -2.18. The standard InChI is InChI=1S/C19H32O3S/c20-18(17-14-23(22)15-19(17)21)13-12-16-10-8-6-4-2-1-3-5-7-9-11-16/h16,20H,1-15H2/b18-17+. The van der Waals surface area contributed by atoms with Crippen LogP contribution in [0.5, 0.6) is 0 Å². The first-order valence-electron chi connectivity index (χ1n) is 9.46. The quantitative estimate of drug-likeness (QED) is 0.591. The van der Waals surface area contributed by atoms with Crippen molar-refractivity contribution >= 4 is 16.6 Å². The molecule has 0 amide bonds. The van der Waals surface area contributed by atoms with E-state index in [1.165, 1.54) is 70.6 Å². The van der Waals surface area contributed by atoms with E-state index in [4.69, 9.17) is 0 Å². The monoisotopic (exact) mass is 340 g/mol. The van der Waals surface area contributed by atoms with Gasteiger partial charge in [0.2, 0.25) is 0 Å². The average Bonchev–Trinajstić information content (AvgIpc) is 2.85. The summed E-state index contributed by atoms with van der Waals surface area (Å²) in [6.07, 6.45) is 16.2. The molecule has 1 N–H and O–H groups in total. The number of Topliss-reactive ketones (excluding diaryl/α,β-unsaturated/α-hetero) is 1. The minimum Gasteiger partial charge on any atom is -0.512 e. The van der Waals surface area contributed by atoms with Crippen molar-refractivity contribution in [2.75, 3.05) is 11.5 Å². The number of ketones is 1. The summed E-state index contributed by atoms with van der Waals surface area (Å²) in [6, 6.07) is 0. The van der Waals surface area contributed by atoms with E-state index in [1.807, 2.05) is 0 Å². The highest BCUT2D eigenvalue weighted by atomic mass is 32.2. The summed E-state index contributed by atoms with van der Waals surface area (Å²) in [5.41, 5.74) is 0.441. The molecule has 1 heterocycles. The number of aliphatic hydroxyl groups excluding tert-OH is 1. The molecule has 2 aliphatic rings. The Labute approximate surface area is 143 Å². The molecule has 1 unspecified atom stereocenters. The second kappa shape index (κ2) is 10.3. The summed E-state index contributed by atoms with van der Waals surface area (Å²) in [5, 5.41) is 10.2. The second-order valence-electron chi connectivity index (χ2n) is 7.24. The summed E-state index contributed by atoms with van der Waals surface area (Å²) < 4.78 is 11.4. The molecule has 0 radical (unpaired) electrons. The molecular weight excluding hydrogens is 308 g/mol. The third-order valence-electron chi connectivity index (χ3n) is 5.30. The Morgan fingerprint density at radius 2 is 1.43 bits per heavy atom. The Balaban J connectivity index is 1.82. The lowest BCUT2D eigenvalue weighted by molar-refractivity contribution is -0.113. The number of allylic oxidation sites excluding steroid dienone is 1. The normalized spacial score (nSPS) is 28.2. The van der Waals surface area contributed by atoms with Crippen LogP contribution in [0.2, 0.25) is 0 Å². The van der Waals surface area contributed by atoms with Crippen LogP contribution in [0.3, 0.4) is 0 Å². The van der Waals surface area contributed by atoms with E-state index < -0.39 is 10.8 Å². The third kappa shape index (κ3) is 6.78. The van der Waals surface area contributed by atoms with Crippen LogP contribution >= 0.6 is 0 Å². The van der Waals surface area contributed by atoms with Gasteiger partial charge in [-0.2, -0.15) is 0 Å². The van der Waals surface area contributed by atoms with Crippen molar-refractivity contribution in [3.05, 3.63) is 11.3 Å². The van der Waals surface area contributed by atoms with Crippen molar-refractivity contribution in [3.63, 3.8) is 0 Å². The number of rotatable bonds is 3. The van der Waals surface area contributed by atoms with E-state index in [-0.39, 0.29) is 23.0 Å². The van der Waals surface area contributed by atoms with Gasteiger partial charge in [-0.3, -0.25) is 9.00 Å². The molecule has 132 valence electrons. The molecule has 23 heavy (non-hydrogen) atoms. The zero-order valence-corrected chi connectivity index (χ0v) is 15.2. The molecule has 3 nitrogen and oxygen atoms in total. The second-order valence-corrected chi connectivity index (χ2v) is 8.70. The third-order valence-corrected chi connectivity index (χ3v) is 6.49. The van der Waals surface area contributed by atoms with Crippen LogP contribution in [-0.4, -0.2) is 26.6 Å². The smallest absolute Gasteiger partial charge is 0.175 e. The van der Waals surface area contributed by atoms with Crippen LogP contribution in [0.4, 0.5) is 0 Å². The van der Waals surface area contributed by atoms with Crippen LogP contribution in [0, 0.1) is 5.92 Å². The van der Waals surface area contributed by atoms with E-state index in [0.717, 1.165) is 6.42 Å². The predicted octanol–water partition coefficient (Wildman–Crippen LogP) is 4.83. The molecule has 0 bridgehead atoms. The van der Waals surface area contributed by atoms with Crippen LogP contribution < -0.4 is 0 Å². The molecule has 1 atom stereocenters. The molecule has 2 fully saturated rings. The fourth-order valence-corrected chi connectivity index (χ4v) is 5.02. The minimum absolute atomic E-state index is 0.100. The molecule has 4 heteroatoms. The highest BCUT2D eigenvalue weighted by molar-refractivity contribution is 7.86. The first kappa shape index (κ1) is 18.7. The Morgan fingerprint density at radius 1 is 0.913 bits per heavy atom. The molecule has 1 aliphatic carbocycles. The van der Waals surface area contributed by atoms with Gasteiger partial charge in [-0.1, -0.05) is 70.6 Å². The summed E-state index contributed by atoms with van der Waals surface area (Å²) in [5.74, 6) is 1.13. The molecule has 0 spiro atoms. The van der Waals surface area contributed by atoms with Gasteiger partial charge >= 0.3 is 0 Å². The summed E-state index contributed by atoms with van der Waals surface area (Å²) >= 11 is 0. The lowest BCUT2D eigenvalue weighted by atomic mass is 9.89. The van der Waals surface area contributed by atoms with Crippen LogP contribution in [0.25, 0.3) is 0 Å². The van der Waals surface area contributed by atoms with Gasteiger partial charge in [0, 0.05) is 22.8 Å². The summed E-state index contributed by atoms with van der Waals surface area (Å²) in [7, 11) is -1.09. The van der Waals surface area contributed by atoms with Crippen molar-refractivity contribution in [3.8, 4) is 0 Å². The molecule has 0 aromatic carbocycles. The average molecular weight is 341 g/mol. The maximum Gasteiger partial charge on any atom is 0.175 e. The number of aliphatic hydroxyl groups is 1. The minimum atomic E-state index is -1.09. The molecule has 0 aromatic rings. The molecule has 1 saturated carbocycles. The van der Waals surface area contributed by atoms with Gasteiger partial charge in [-0.15, -0.1) is 0 Å². The first-order valence-corrected chi connectivity index (χ1v) is 10.9. The van der Waals surface area contributed by atoms with Gasteiger partial charge < -0.3 is 5.11 Å². The van der Waals surface area contributed by atoms with E-state index >= 15 is 0 Å². The van der Waals surface area contributed by atoms with Gasteiger partial charge in [0.25, 0.3) is 0 Å². The Kier molecular flexibility index (Phi) is 8.35. The Hall–Kier alpha value is -0.640. The zero-order chi connectivity index (χ0) is 16.5. The maximum atomic E-state index is 11.7. The summed E-state index contributed by atoms with van der Waals surface area (Å²) in [4.78, 5) is 11.7. The Morgan fingerprint density at radius 3 is 1.91 bits per heavy atom. The molecule has 0 aromatic heterocycles. The van der Waals surface area contributed by atoms with Gasteiger partial charge in [-0.25, -0.2) is 0 Å². The van der Waals surface area contributed by atoms with Gasteiger partial charge in [0.1, 0.15) is 0 Å². The van der Waals surface area contributed by atoms with Gasteiger partial charge in [0.05, 0.1) is 17.3 Å². The first-order chi connectivity index (χ1) is 11.2. The molecule has 1 aliphatic heterocycles.